The lowest BCUT2D eigenvalue weighted by molar-refractivity contribution is 0.443. The average molecular weight is 298 g/mol. The molecule has 1 heterocycles. The van der Waals surface area contributed by atoms with Gasteiger partial charge in [-0.2, -0.15) is 0 Å². The molecule has 0 spiro atoms. The summed E-state index contributed by atoms with van der Waals surface area (Å²) in [7, 11) is 0. The van der Waals surface area contributed by atoms with Crippen LogP contribution >= 0.6 is 11.3 Å². The van der Waals surface area contributed by atoms with Gasteiger partial charge in [0.25, 0.3) is 0 Å². The molecule has 0 bridgehead atoms. The molecule has 4 rings (SSSR count). The number of benzene rings is 1. The quantitative estimate of drug-likeness (QED) is 0.911. The van der Waals surface area contributed by atoms with Gasteiger partial charge < -0.3 is 5.32 Å². The van der Waals surface area contributed by atoms with Crippen molar-refractivity contribution >= 4 is 11.3 Å². The fraction of sp³-hybridized carbons (Fsp3) is 0.500. The molecule has 4 unspecified atom stereocenters. The van der Waals surface area contributed by atoms with E-state index in [2.05, 4.69) is 41.5 Å². The van der Waals surface area contributed by atoms with Gasteiger partial charge in [-0.3, -0.25) is 4.98 Å². The molecular weight excluding hydrogens is 276 g/mol. The van der Waals surface area contributed by atoms with Gasteiger partial charge in [0.05, 0.1) is 5.51 Å². The Hall–Kier alpha value is -1.19. The number of fused-ring (bicyclic) bond motifs is 3. The summed E-state index contributed by atoms with van der Waals surface area (Å²) < 4.78 is 0. The molecule has 1 N–H and O–H groups in total. The lowest BCUT2D eigenvalue weighted by Gasteiger charge is -2.17. The Bertz CT molecular complexity index is 607. The van der Waals surface area contributed by atoms with E-state index in [-0.39, 0.29) is 0 Å². The van der Waals surface area contributed by atoms with Gasteiger partial charge in [0.15, 0.2) is 0 Å². The first-order valence-electron chi connectivity index (χ1n) is 8.07. The lowest BCUT2D eigenvalue weighted by atomic mass is 9.92. The van der Waals surface area contributed by atoms with E-state index in [9.17, 15) is 0 Å². The first-order valence-corrected chi connectivity index (χ1v) is 8.95. The zero-order valence-corrected chi connectivity index (χ0v) is 13.3. The highest BCUT2D eigenvalue weighted by molar-refractivity contribution is 7.09. The van der Waals surface area contributed by atoms with Crippen molar-refractivity contribution in [1.82, 2.24) is 10.3 Å². The summed E-state index contributed by atoms with van der Waals surface area (Å²) in [5.41, 5.74) is 5.17. The standard InChI is InChI=1S/C18H22N2S/c1-2-20-16(9-13-10-19-11-21-13)18-15-8-7-12-5-3-4-6-14(12)17(15)18/h3-6,10-11,15-18,20H,2,7-9H2,1H3. The SMILES string of the molecule is CCNC(Cc1cncs1)C1C2CCc3ccccc3C21. The van der Waals surface area contributed by atoms with Crippen LogP contribution in [0.2, 0.25) is 0 Å². The van der Waals surface area contributed by atoms with Gasteiger partial charge >= 0.3 is 0 Å². The lowest BCUT2D eigenvalue weighted by Crippen LogP contribution is -2.33. The topological polar surface area (TPSA) is 24.9 Å². The van der Waals surface area contributed by atoms with Crippen LogP contribution in [0.5, 0.6) is 0 Å². The van der Waals surface area contributed by atoms with Crippen molar-refractivity contribution in [1.29, 1.82) is 0 Å². The van der Waals surface area contributed by atoms with Gasteiger partial charge in [-0.1, -0.05) is 31.2 Å². The zero-order valence-electron chi connectivity index (χ0n) is 12.5. The molecule has 4 atom stereocenters. The molecule has 0 amide bonds. The third-order valence-corrected chi connectivity index (χ3v) is 6.03. The van der Waals surface area contributed by atoms with E-state index in [1.807, 2.05) is 11.7 Å². The molecule has 1 saturated carbocycles. The highest BCUT2D eigenvalue weighted by atomic mass is 32.1. The van der Waals surface area contributed by atoms with Gasteiger partial charge in [0.2, 0.25) is 0 Å². The average Bonchev–Trinajstić information content (AvgIpc) is 3.04. The molecule has 2 nitrogen and oxygen atoms in total. The smallest absolute Gasteiger partial charge is 0.0794 e. The van der Waals surface area contributed by atoms with E-state index in [4.69, 9.17) is 0 Å². The molecular formula is C18H22N2S. The number of hydrogen-bond donors (Lipinski definition) is 1. The molecule has 1 aromatic heterocycles. The van der Waals surface area contributed by atoms with Crippen LogP contribution in [-0.2, 0) is 12.8 Å². The predicted octanol–water partition coefficient (Wildman–Crippen LogP) is 3.64. The maximum Gasteiger partial charge on any atom is 0.0794 e. The summed E-state index contributed by atoms with van der Waals surface area (Å²) in [5.74, 6) is 2.51. The molecule has 1 aromatic carbocycles. The Kier molecular flexibility index (Phi) is 3.56. The highest BCUT2D eigenvalue weighted by Crippen LogP contribution is 2.61. The molecule has 3 heteroatoms. The van der Waals surface area contributed by atoms with Crippen molar-refractivity contribution in [2.75, 3.05) is 6.54 Å². The largest absolute Gasteiger partial charge is 0.314 e. The number of rotatable bonds is 5. The summed E-state index contributed by atoms with van der Waals surface area (Å²) in [6, 6.07) is 9.70. The number of hydrogen-bond acceptors (Lipinski definition) is 3. The van der Waals surface area contributed by atoms with Crippen LogP contribution in [0.15, 0.2) is 36.0 Å². The summed E-state index contributed by atoms with van der Waals surface area (Å²) in [6.45, 7) is 3.28. The van der Waals surface area contributed by atoms with Gasteiger partial charge in [-0.15, -0.1) is 11.3 Å². The van der Waals surface area contributed by atoms with Crippen LogP contribution < -0.4 is 5.32 Å². The second-order valence-electron chi connectivity index (χ2n) is 6.34. The molecule has 110 valence electrons. The van der Waals surface area contributed by atoms with Crippen LogP contribution in [0.4, 0.5) is 0 Å². The number of thiazole rings is 1. The summed E-state index contributed by atoms with van der Waals surface area (Å²) >= 11 is 1.79. The van der Waals surface area contributed by atoms with E-state index in [0.717, 1.165) is 30.7 Å². The van der Waals surface area contributed by atoms with E-state index in [0.29, 0.717) is 6.04 Å². The van der Waals surface area contributed by atoms with Crippen molar-refractivity contribution in [2.45, 2.75) is 38.1 Å². The zero-order chi connectivity index (χ0) is 14.2. The van der Waals surface area contributed by atoms with Crippen molar-refractivity contribution in [3.05, 3.63) is 52.0 Å². The van der Waals surface area contributed by atoms with Crippen LogP contribution in [0.1, 0.15) is 35.3 Å². The third-order valence-electron chi connectivity index (χ3n) is 5.23. The van der Waals surface area contributed by atoms with Gasteiger partial charge in [0.1, 0.15) is 0 Å². The molecule has 1 fully saturated rings. The minimum atomic E-state index is 0.608. The van der Waals surface area contributed by atoms with E-state index >= 15 is 0 Å². The molecule has 0 saturated heterocycles. The van der Waals surface area contributed by atoms with E-state index < -0.39 is 0 Å². The van der Waals surface area contributed by atoms with Gasteiger partial charge in [0, 0.05) is 17.1 Å². The number of nitrogens with one attached hydrogen (secondary N) is 1. The van der Waals surface area contributed by atoms with Crippen molar-refractivity contribution < 1.29 is 0 Å². The number of aryl methyl sites for hydroxylation is 1. The van der Waals surface area contributed by atoms with Crippen LogP contribution in [0.25, 0.3) is 0 Å². The number of nitrogens with zero attached hydrogens (tertiary/aromatic N) is 1. The Labute approximate surface area is 130 Å². The molecule has 2 aromatic rings. The minimum Gasteiger partial charge on any atom is -0.314 e. The van der Waals surface area contributed by atoms with E-state index in [1.54, 1.807) is 22.5 Å². The van der Waals surface area contributed by atoms with Crippen molar-refractivity contribution in [3.8, 4) is 0 Å². The monoisotopic (exact) mass is 298 g/mol. The maximum atomic E-state index is 4.23. The molecule has 21 heavy (non-hydrogen) atoms. The minimum absolute atomic E-state index is 0.608. The van der Waals surface area contributed by atoms with Crippen molar-refractivity contribution in [2.24, 2.45) is 11.8 Å². The molecule has 2 aliphatic carbocycles. The maximum absolute atomic E-state index is 4.23. The first kappa shape index (κ1) is 13.5. The van der Waals surface area contributed by atoms with Gasteiger partial charge in [-0.25, -0.2) is 0 Å². The van der Waals surface area contributed by atoms with Crippen LogP contribution in [0, 0.1) is 11.8 Å². The Morgan fingerprint density at radius 2 is 2.29 bits per heavy atom. The summed E-state index contributed by atoms with van der Waals surface area (Å²) in [5, 5.41) is 3.75. The third kappa shape index (κ3) is 2.43. The van der Waals surface area contributed by atoms with Crippen molar-refractivity contribution in [3.63, 3.8) is 0 Å². The Balaban J connectivity index is 1.56. The second-order valence-corrected chi connectivity index (χ2v) is 7.31. The van der Waals surface area contributed by atoms with Crippen LogP contribution in [0.3, 0.4) is 0 Å². The Morgan fingerprint density at radius 3 is 3.10 bits per heavy atom. The Morgan fingerprint density at radius 1 is 1.38 bits per heavy atom. The van der Waals surface area contributed by atoms with E-state index in [1.165, 1.54) is 17.7 Å². The first-order chi connectivity index (χ1) is 10.4. The molecule has 2 aliphatic rings. The second kappa shape index (κ2) is 5.54. The fourth-order valence-electron chi connectivity index (χ4n) is 4.33. The molecule has 0 radical (unpaired) electrons. The fourth-order valence-corrected chi connectivity index (χ4v) is 4.99. The van der Waals surface area contributed by atoms with Gasteiger partial charge in [-0.05, 0) is 54.7 Å². The normalized spacial score (nSPS) is 27.8. The highest BCUT2D eigenvalue weighted by Gasteiger charge is 2.55. The number of likely N-dealkylation sites (N-methyl/N-ethyl adjacent to an activating group) is 1. The van der Waals surface area contributed by atoms with Crippen LogP contribution in [-0.4, -0.2) is 17.6 Å². The summed E-state index contributed by atoms with van der Waals surface area (Å²) in [6.07, 6.45) is 5.82. The summed E-state index contributed by atoms with van der Waals surface area (Å²) in [4.78, 5) is 5.65. The predicted molar refractivity (Wildman–Crippen MR) is 87.8 cm³/mol. The number of aromatic nitrogens is 1. The molecule has 0 aliphatic heterocycles.